The molecule has 2 bridgehead atoms. The molecule has 7 heteroatoms. The standard InChI is InChI=1S/C10H10N6S/c1-2-9-3-8(1)10(17-9,15-6-11-4-13-15)16-7-12-5-14-16/h1-2,4-9H,3H2. The summed E-state index contributed by atoms with van der Waals surface area (Å²) in [5.41, 5.74) is 0. The second-order valence-electron chi connectivity index (χ2n) is 4.22. The lowest BCUT2D eigenvalue weighted by atomic mass is 10.1. The lowest BCUT2D eigenvalue weighted by Crippen LogP contribution is -2.42. The lowest BCUT2D eigenvalue weighted by molar-refractivity contribution is 0.247. The van der Waals surface area contributed by atoms with E-state index in [-0.39, 0.29) is 4.99 Å². The van der Waals surface area contributed by atoms with E-state index in [1.165, 1.54) is 0 Å². The van der Waals surface area contributed by atoms with Gasteiger partial charge in [0.25, 0.3) is 0 Å². The Kier molecular flexibility index (Phi) is 1.77. The van der Waals surface area contributed by atoms with Gasteiger partial charge in [0.15, 0.2) is 0 Å². The van der Waals surface area contributed by atoms with Crippen molar-refractivity contribution in [3.05, 3.63) is 37.5 Å². The zero-order valence-electron chi connectivity index (χ0n) is 8.92. The fourth-order valence-electron chi connectivity index (χ4n) is 2.64. The van der Waals surface area contributed by atoms with Crippen molar-refractivity contribution in [3.8, 4) is 0 Å². The molecule has 1 aliphatic carbocycles. The summed E-state index contributed by atoms with van der Waals surface area (Å²) in [7, 11) is 0. The van der Waals surface area contributed by atoms with Gasteiger partial charge in [0, 0.05) is 11.2 Å². The van der Waals surface area contributed by atoms with Crippen LogP contribution in [-0.4, -0.2) is 34.8 Å². The minimum atomic E-state index is -0.327. The summed E-state index contributed by atoms with van der Waals surface area (Å²) < 4.78 is 3.78. The highest BCUT2D eigenvalue weighted by Gasteiger charge is 2.53. The summed E-state index contributed by atoms with van der Waals surface area (Å²) in [4.78, 5) is 7.79. The summed E-state index contributed by atoms with van der Waals surface area (Å²) in [6.45, 7) is 0. The lowest BCUT2D eigenvalue weighted by Gasteiger charge is -2.34. The molecule has 17 heavy (non-hydrogen) atoms. The molecule has 2 atom stereocenters. The van der Waals surface area contributed by atoms with Gasteiger partial charge >= 0.3 is 0 Å². The van der Waals surface area contributed by atoms with Crippen LogP contribution in [0.5, 0.6) is 0 Å². The number of allylic oxidation sites excluding steroid dienone is 1. The van der Waals surface area contributed by atoms with Crippen LogP contribution < -0.4 is 0 Å². The van der Waals surface area contributed by atoms with Crippen LogP contribution in [0.1, 0.15) is 6.42 Å². The second kappa shape index (κ2) is 3.19. The Hall–Kier alpha value is -1.63. The van der Waals surface area contributed by atoms with Crippen molar-refractivity contribution >= 4 is 11.8 Å². The van der Waals surface area contributed by atoms with E-state index in [1.54, 1.807) is 25.3 Å². The second-order valence-corrected chi connectivity index (χ2v) is 5.66. The van der Waals surface area contributed by atoms with Gasteiger partial charge in [0.05, 0.1) is 0 Å². The zero-order chi connectivity index (χ0) is 11.3. The van der Waals surface area contributed by atoms with E-state index in [1.807, 2.05) is 21.1 Å². The van der Waals surface area contributed by atoms with Crippen LogP contribution in [0, 0.1) is 5.92 Å². The number of fused-ring (bicyclic) bond motifs is 2. The van der Waals surface area contributed by atoms with Gasteiger partial charge in [0.1, 0.15) is 25.3 Å². The Balaban J connectivity index is 1.93. The minimum Gasteiger partial charge on any atom is -0.223 e. The number of rotatable bonds is 2. The van der Waals surface area contributed by atoms with Gasteiger partial charge in [-0.3, -0.25) is 0 Å². The molecule has 2 aromatic heterocycles. The Morgan fingerprint density at radius 2 is 1.76 bits per heavy atom. The maximum Gasteiger partial charge on any atom is 0.210 e. The Labute approximate surface area is 102 Å². The van der Waals surface area contributed by atoms with Crippen molar-refractivity contribution in [2.75, 3.05) is 0 Å². The Morgan fingerprint density at radius 3 is 2.18 bits per heavy atom. The first-order chi connectivity index (χ1) is 8.39. The van der Waals surface area contributed by atoms with Gasteiger partial charge in [-0.05, 0) is 6.42 Å². The topological polar surface area (TPSA) is 61.4 Å². The number of thioether (sulfide) groups is 1. The fraction of sp³-hybridized carbons (Fsp3) is 0.400. The van der Waals surface area contributed by atoms with E-state index in [2.05, 4.69) is 32.3 Å². The van der Waals surface area contributed by atoms with Crippen LogP contribution in [0.2, 0.25) is 0 Å². The molecular weight excluding hydrogens is 236 g/mol. The molecular formula is C10H10N6S. The molecule has 86 valence electrons. The molecule has 2 aliphatic rings. The quantitative estimate of drug-likeness (QED) is 0.731. The average molecular weight is 246 g/mol. The zero-order valence-corrected chi connectivity index (χ0v) is 9.73. The molecule has 1 saturated heterocycles. The van der Waals surface area contributed by atoms with Gasteiger partial charge in [-0.25, -0.2) is 19.3 Å². The van der Waals surface area contributed by atoms with Crippen LogP contribution in [0.25, 0.3) is 0 Å². The first-order valence-corrected chi connectivity index (χ1v) is 6.34. The molecule has 4 rings (SSSR count). The summed E-state index contributed by atoms with van der Waals surface area (Å²) in [6.07, 6.45) is 12.3. The van der Waals surface area contributed by atoms with E-state index >= 15 is 0 Å². The summed E-state index contributed by atoms with van der Waals surface area (Å²) >= 11 is 1.86. The molecule has 1 aliphatic heterocycles. The van der Waals surface area contributed by atoms with Gasteiger partial charge < -0.3 is 0 Å². The number of nitrogens with zero attached hydrogens (tertiary/aromatic N) is 6. The third-order valence-corrected chi connectivity index (χ3v) is 5.02. The maximum absolute atomic E-state index is 4.31. The van der Waals surface area contributed by atoms with E-state index in [9.17, 15) is 0 Å². The molecule has 0 saturated carbocycles. The molecule has 1 fully saturated rings. The van der Waals surface area contributed by atoms with E-state index < -0.39 is 0 Å². The molecule has 0 radical (unpaired) electrons. The highest BCUT2D eigenvalue weighted by Crippen LogP contribution is 2.55. The van der Waals surface area contributed by atoms with E-state index in [0.717, 1.165) is 6.42 Å². The molecule has 0 N–H and O–H groups in total. The molecule has 2 aromatic rings. The Bertz CT molecular complexity index is 511. The summed E-state index contributed by atoms with van der Waals surface area (Å²) in [6, 6.07) is 0. The normalized spacial score (nSPS) is 28.9. The molecule has 0 aromatic carbocycles. The molecule has 6 nitrogen and oxygen atoms in total. The van der Waals surface area contributed by atoms with Crippen molar-refractivity contribution in [2.24, 2.45) is 5.92 Å². The van der Waals surface area contributed by atoms with Crippen molar-refractivity contribution in [1.82, 2.24) is 29.5 Å². The van der Waals surface area contributed by atoms with Crippen LogP contribution in [0.4, 0.5) is 0 Å². The van der Waals surface area contributed by atoms with Crippen molar-refractivity contribution < 1.29 is 0 Å². The SMILES string of the molecule is C1=CC2CC1SC2(n1cncn1)n1cncn1. The summed E-state index contributed by atoms with van der Waals surface area (Å²) in [5, 5.41) is 9.15. The third kappa shape index (κ3) is 1.12. The summed E-state index contributed by atoms with van der Waals surface area (Å²) in [5.74, 6) is 0.390. The number of hydrogen-bond donors (Lipinski definition) is 0. The maximum atomic E-state index is 4.31. The van der Waals surface area contributed by atoms with Gasteiger partial charge in [-0.2, -0.15) is 10.2 Å². The van der Waals surface area contributed by atoms with Crippen LogP contribution in [-0.2, 0) is 4.99 Å². The number of hydrogen-bond acceptors (Lipinski definition) is 5. The molecule has 2 unspecified atom stereocenters. The van der Waals surface area contributed by atoms with Crippen LogP contribution in [0.15, 0.2) is 37.5 Å². The van der Waals surface area contributed by atoms with Crippen LogP contribution >= 0.6 is 11.8 Å². The highest BCUT2D eigenvalue weighted by atomic mass is 32.2. The van der Waals surface area contributed by atoms with Gasteiger partial charge in [-0.15, -0.1) is 11.8 Å². The van der Waals surface area contributed by atoms with Crippen molar-refractivity contribution in [2.45, 2.75) is 16.7 Å². The van der Waals surface area contributed by atoms with Gasteiger partial charge in [-0.1, -0.05) is 12.2 Å². The smallest absolute Gasteiger partial charge is 0.210 e. The van der Waals surface area contributed by atoms with Crippen molar-refractivity contribution in [3.63, 3.8) is 0 Å². The van der Waals surface area contributed by atoms with Crippen molar-refractivity contribution in [1.29, 1.82) is 0 Å². The largest absolute Gasteiger partial charge is 0.223 e. The monoisotopic (exact) mass is 246 g/mol. The highest BCUT2D eigenvalue weighted by molar-refractivity contribution is 8.01. The van der Waals surface area contributed by atoms with Gasteiger partial charge in [0.2, 0.25) is 4.99 Å². The fourth-order valence-corrected chi connectivity index (χ4v) is 4.31. The average Bonchev–Trinajstić information content (AvgIpc) is 3.12. The van der Waals surface area contributed by atoms with E-state index in [0.29, 0.717) is 11.2 Å². The van der Waals surface area contributed by atoms with E-state index in [4.69, 9.17) is 0 Å². The third-order valence-electron chi connectivity index (χ3n) is 3.35. The number of aromatic nitrogens is 6. The first kappa shape index (κ1) is 9.41. The minimum absolute atomic E-state index is 0.327. The predicted molar refractivity (Wildman–Crippen MR) is 62.0 cm³/mol. The first-order valence-electron chi connectivity index (χ1n) is 5.46. The van der Waals surface area contributed by atoms with Crippen LogP contribution in [0.3, 0.4) is 0 Å². The molecule has 3 heterocycles. The Morgan fingerprint density at radius 1 is 1.06 bits per heavy atom. The predicted octanol–water partition coefficient (Wildman–Crippen LogP) is 0.720. The molecule has 0 amide bonds. The molecule has 0 spiro atoms.